The van der Waals surface area contributed by atoms with Gasteiger partial charge in [-0.05, 0) is 44.3 Å². The summed E-state index contributed by atoms with van der Waals surface area (Å²) in [5, 5.41) is 7.34. The van der Waals surface area contributed by atoms with E-state index in [1.54, 1.807) is 0 Å². The summed E-state index contributed by atoms with van der Waals surface area (Å²) < 4.78 is 3.04. The lowest BCUT2D eigenvalue weighted by atomic mass is 10.0. The summed E-state index contributed by atoms with van der Waals surface area (Å²) in [6, 6.07) is 0.482. The number of nitrogens with zero attached hydrogens (tertiary/aromatic N) is 2. The number of aromatic amines is 1. The molecule has 1 heterocycles. The average molecular weight is 253 g/mol. The molecule has 1 aromatic rings. The first kappa shape index (κ1) is 12.8. The van der Waals surface area contributed by atoms with Crippen molar-refractivity contribution in [2.24, 2.45) is 5.92 Å². The van der Waals surface area contributed by atoms with Crippen LogP contribution in [-0.2, 0) is 0 Å². The van der Waals surface area contributed by atoms with Gasteiger partial charge in [-0.3, -0.25) is 5.10 Å². The van der Waals surface area contributed by atoms with Crippen LogP contribution in [-0.4, -0.2) is 14.8 Å². The van der Waals surface area contributed by atoms with Crippen molar-refractivity contribution in [3.63, 3.8) is 0 Å². The van der Waals surface area contributed by atoms with Crippen LogP contribution in [0.15, 0.2) is 0 Å². The molecule has 1 fully saturated rings. The van der Waals surface area contributed by atoms with E-state index in [1.165, 1.54) is 37.9 Å². The lowest BCUT2D eigenvalue weighted by Crippen LogP contribution is -2.09. The Morgan fingerprint density at radius 2 is 2.06 bits per heavy atom. The molecule has 1 saturated carbocycles. The van der Waals surface area contributed by atoms with Crippen LogP contribution < -0.4 is 0 Å². The van der Waals surface area contributed by atoms with Gasteiger partial charge in [-0.25, -0.2) is 0 Å². The van der Waals surface area contributed by atoms with Crippen molar-refractivity contribution in [3.8, 4) is 0 Å². The highest BCUT2D eigenvalue weighted by Gasteiger charge is 2.30. The number of nitrogens with one attached hydrogen (secondary N) is 1. The number of aromatic nitrogens is 3. The van der Waals surface area contributed by atoms with Crippen LogP contribution in [0, 0.1) is 10.7 Å². The molecule has 1 N–H and O–H groups in total. The van der Waals surface area contributed by atoms with Crippen LogP contribution in [0.2, 0.25) is 0 Å². The number of H-pyrrole nitrogens is 1. The van der Waals surface area contributed by atoms with Crippen LogP contribution in [0.5, 0.6) is 0 Å². The third kappa shape index (κ3) is 3.18. The number of hydrogen-bond acceptors (Lipinski definition) is 2. The molecule has 0 saturated heterocycles. The molecule has 3 nitrogen and oxygen atoms in total. The van der Waals surface area contributed by atoms with E-state index in [2.05, 4.69) is 35.5 Å². The molecular formula is C13H23N3S. The van der Waals surface area contributed by atoms with E-state index in [0.29, 0.717) is 12.0 Å². The van der Waals surface area contributed by atoms with Gasteiger partial charge in [0.25, 0.3) is 0 Å². The highest BCUT2D eigenvalue weighted by Crippen LogP contribution is 2.40. The van der Waals surface area contributed by atoms with Crippen molar-refractivity contribution in [1.82, 2.24) is 14.8 Å². The molecule has 1 aliphatic carbocycles. The molecule has 1 unspecified atom stereocenters. The molecule has 0 aliphatic heterocycles. The zero-order chi connectivity index (χ0) is 12.4. The van der Waals surface area contributed by atoms with Crippen molar-refractivity contribution in [2.75, 3.05) is 0 Å². The number of hydrogen-bond donors (Lipinski definition) is 1. The van der Waals surface area contributed by atoms with Gasteiger partial charge in [-0.1, -0.05) is 26.7 Å². The fourth-order valence-corrected chi connectivity index (χ4v) is 2.64. The Hall–Kier alpha value is -0.640. The van der Waals surface area contributed by atoms with Crippen LogP contribution in [0.1, 0.15) is 70.7 Å². The Morgan fingerprint density at radius 1 is 1.35 bits per heavy atom. The fourth-order valence-electron chi connectivity index (χ4n) is 2.32. The summed E-state index contributed by atoms with van der Waals surface area (Å²) in [5.74, 6) is 2.64. The summed E-state index contributed by atoms with van der Waals surface area (Å²) in [5.41, 5.74) is 0. The van der Waals surface area contributed by atoms with E-state index < -0.39 is 0 Å². The quantitative estimate of drug-likeness (QED) is 0.771. The van der Waals surface area contributed by atoms with E-state index in [9.17, 15) is 0 Å². The van der Waals surface area contributed by atoms with Gasteiger partial charge in [-0.15, -0.1) is 0 Å². The van der Waals surface area contributed by atoms with E-state index in [0.717, 1.165) is 10.7 Å². The third-order valence-corrected chi connectivity index (χ3v) is 3.81. The van der Waals surface area contributed by atoms with Gasteiger partial charge in [0, 0.05) is 12.0 Å². The lowest BCUT2D eigenvalue weighted by Gasteiger charge is -2.16. The maximum atomic E-state index is 5.34. The Labute approximate surface area is 109 Å². The first-order chi connectivity index (χ1) is 8.09. The molecule has 0 spiro atoms. The maximum Gasteiger partial charge on any atom is 0.195 e. The van der Waals surface area contributed by atoms with Crippen LogP contribution in [0.4, 0.5) is 0 Å². The second-order valence-corrected chi connectivity index (χ2v) is 6.09. The Bertz CT molecular complexity index is 415. The van der Waals surface area contributed by atoms with Crippen molar-refractivity contribution in [3.05, 3.63) is 10.6 Å². The Kier molecular flexibility index (Phi) is 4.02. The molecule has 1 aromatic heterocycles. The predicted molar refractivity (Wildman–Crippen MR) is 72.8 cm³/mol. The summed E-state index contributed by atoms with van der Waals surface area (Å²) in [7, 11) is 0. The number of rotatable bonds is 6. The lowest BCUT2D eigenvalue weighted by molar-refractivity contribution is 0.434. The molecule has 1 aliphatic rings. The van der Waals surface area contributed by atoms with Gasteiger partial charge in [-0.2, -0.15) is 5.10 Å². The van der Waals surface area contributed by atoms with Gasteiger partial charge in [0.05, 0.1) is 0 Å². The molecule has 0 aromatic carbocycles. The molecule has 96 valence electrons. The standard InChI is InChI=1S/C13H23N3S/c1-9(2)5-4-6-10(3)16-12(11-7-8-11)14-15-13(16)17/h9-11H,4-8H2,1-3H3,(H,15,17). The minimum Gasteiger partial charge on any atom is -0.301 e. The minimum atomic E-state index is 0.482. The van der Waals surface area contributed by atoms with E-state index in [4.69, 9.17) is 12.2 Å². The molecule has 1 atom stereocenters. The SMILES string of the molecule is CC(C)CCCC(C)n1c(C2CC2)n[nH]c1=S. The van der Waals surface area contributed by atoms with Gasteiger partial charge in [0.1, 0.15) is 5.82 Å². The topological polar surface area (TPSA) is 33.6 Å². The second kappa shape index (κ2) is 5.34. The van der Waals surface area contributed by atoms with Crippen molar-refractivity contribution < 1.29 is 0 Å². The van der Waals surface area contributed by atoms with Crippen LogP contribution in [0.25, 0.3) is 0 Å². The fraction of sp³-hybridized carbons (Fsp3) is 0.846. The van der Waals surface area contributed by atoms with Gasteiger partial charge in [0.2, 0.25) is 0 Å². The second-order valence-electron chi connectivity index (χ2n) is 5.71. The Morgan fingerprint density at radius 3 is 2.65 bits per heavy atom. The summed E-state index contributed by atoms with van der Waals surface area (Å²) in [6.45, 7) is 6.82. The molecule has 0 bridgehead atoms. The minimum absolute atomic E-state index is 0.482. The predicted octanol–water partition coefficient (Wildman–Crippen LogP) is 4.21. The maximum absolute atomic E-state index is 5.34. The highest BCUT2D eigenvalue weighted by atomic mass is 32.1. The average Bonchev–Trinajstić information content (AvgIpc) is 3.01. The van der Waals surface area contributed by atoms with E-state index in [1.807, 2.05) is 0 Å². The summed E-state index contributed by atoms with van der Waals surface area (Å²) in [4.78, 5) is 0. The van der Waals surface area contributed by atoms with Gasteiger partial charge >= 0.3 is 0 Å². The zero-order valence-corrected chi connectivity index (χ0v) is 11.9. The van der Waals surface area contributed by atoms with Crippen LogP contribution in [0.3, 0.4) is 0 Å². The van der Waals surface area contributed by atoms with E-state index >= 15 is 0 Å². The largest absolute Gasteiger partial charge is 0.301 e. The summed E-state index contributed by atoms with van der Waals surface area (Å²) >= 11 is 5.34. The summed E-state index contributed by atoms with van der Waals surface area (Å²) in [6.07, 6.45) is 6.33. The molecule has 17 heavy (non-hydrogen) atoms. The zero-order valence-electron chi connectivity index (χ0n) is 11.1. The Balaban J connectivity index is 2.00. The molecule has 4 heteroatoms. The van der Waals surface area contributed by atoms with Gasteiger partial charge in [0.15, 0.2) is 4.77 Å². The molecular weight excluding hydrogens is 230 g/mol. The highest BCUT2D eigenvalue weighted by molar-refractivity contribution is 7.71. The van der Waals surface area contributed by atoms with E-state index in [-0.39, 0.29) is 0 Å². The molecule has 0 amide bonds. The molecule has 2 rings (SSSR count). The first-order valence-corrected chi connectivity index (χ1v) is 7.17. The third-order valence-electron chi connectivity index (χ3n) is 3.52. The molecule has 0 radical (unpaired) electrons. The van der Waals surface area contributed by atoms with Gasteiger partial charge < -0.3 is 4.57 Å². The van der Waals surface area contributed by atoms with Crippen molar-refractivity contribution >= 4 is 12.2 Å². The van der Waals surface area contributed by atoms with Crippen molar-refractivity contribution in [2.45, 2.75) is 64.8 Å². The smallest absolute Gasteiger partial charge is 0.195 e. The van der Waals surface area contributed by atoms with Crippen molar-refractivity contribution in [1.29, 1.82) is 0 Å². The first-order valence-electron chi connectivity index (χ1n) is 6.76. The van der Waals surface area contributed by atoms with Crippen LogP contribution >= 0.6 is 12.2 Å². The monoisotopic (exact) mass is 253 g/mol. The normalized spacial score (nSPS) is 17.6.